The van der Waals surface area contributed by atoms with Crippen LogP contribution in [0.1, 0.15) is 192 Å². The van der Waals surface area contributed by atoms with Crippen LogP contribution in [0.5, 0.6) is 0 Å². The van der Waals surface area contributed by atoms with Gasteiger partial charge in [-0.3, -0.25) is 43.5 Å². The molecule has 9 heterocycles. The zero-order valence-corrected chi connectivity index (χ0v) is 86.3. The molecule has 9 fully saturated rings. The van der Waals surface area contributed by atoms with E-state index in [1.54, 1.807) is 37.5 Å². The monoisotopic (exact) mass is 1790 g/mol. The molecule has 0 aliphatic carbocycles. The first-order valence-corrected chi connectivity index (χ1v) is 50.0. The first-order chi connectivity index (χ1) is 60.3. The van der Waals surface area contributed by atoms with Crippen LogP contribution in [0.25, 0.3) is 0 Å². The summed E-state index contributed by atoms with van der Waals surface area (Å²) in [5.41, 5.74) is 0. The van der Waals surface area contributed by atoms with Crippen molar-refractivity contribution in [1.82, 2.24) is 93.1 Å². The van der Waals surface area contributed by atoms with Crippen LogP contribution in [0, 0.1) is 17.8 Å². The van der Waals surface area contributed by atoms with E-state index in [9.17, 15) is 28.8 Å². The number of carbonyl (C=O) groups excluding carboxylic acids is 6. The minimum Gasteiger partial charge on any atom is -0.384 e. The molecule has 0 saturated carbocycles. The minimum absolute atomic E-state index is 0.126. The lowest BCUT2D eigenvalue weighted by molar-refractivity contribution is -0.134. The molecule has 0 spiro atoms. The molecule has 0 bridgehead atoms. The number of amides is 6. The first-order valence-electron chi connectivity index (χ1n) is 50.0. The summed E-state index contributed by atoms with van der Waals surface area (Å²) < 4.78 is 21.2. The van der Waals surface area contributed by atoms with Gasteiger partial charge in [-0.2, -0.15) is 0 Å². The Morgan fingerprint density at radius 1 is 0.317 bits per heavy atom. The molecular formula is C97H201N19O10. The van der Waals surface area contributed by atoms with Gasteiger partial charge in [-0.25, -0.2) is 0 Å². The largest absolute Gasteiger partial charge is 0.384 e. The van der Waals surface area contributed by atoms with Crippen LogP contribution >= 0.6 is 0 Å². The summed E-state index contributed by atoms with van der Waals surface area (Å²) >= 11 is 0. The maximum Gasteiger partial charge on any atom is 0.236 e. The maximum absolute atomic E-state index is 11.8. The Morgan fingerprint density at radius 2 is 0.675 bits per heavy atom. The smallest absolute Gasteiger partial charge is 0.236 e. The number of carbonyl (C=O) groups is 6. The number of nitrogens with zero attached hydrogens (tertiary/aromatic N) is 19. The van der Waals surface area contributed by atoms with E-state index >= 15 is 0 Å². The highest BCUT2D eigenvalue weighted by Gasteiger charge is 2.27. The van der Waals surface area contributed by atoms with E-state index in [1.807, 2.05) is 81.1 Å². The standard InChI is InChI=1S/C12H22N2O2.C12H24N2O.C12H26N2O.C11H23N3O.2C11H24N2O.C10H20N2O.C9H18N2O.C9H20N2O/c1-10(15)13(3)7-4-12-5-8-14(9-6-12)11(2)16;1-4-13(3)8-5-12-6-9-14(10-7-12)11(2)15;1-4-13(2)9-10-14-7-5-12(6-8-14)11-15-3;1-4-12(3)10-11(15)14-8-6-13(5-2)7-9-14;1-4-12(2)9-10-13-7-5-11(14-3)6-8-13;1-4-12(2)8-9-13-7-5-6-11(10-13)14-3;1-10(13)11(2)8-9-12-6-4-3-5-7-12;1-10(2)8-9(12)11-6-4-3-5-7-11;1-3-10(2)4-5-11-6-8-12-9-7-11/h12H,4-9H2,1-3H3;12H,4-10H2,1-3H3;12H,4-11H2,1-3H3;4-10H2,1-3H3;2*11H,4-10H2,1-3H3;3-9H2,1-2H3;3-8H2,1-2H3;3-9H2,1-2H3. The molecule has 9 aliphatic rings. The highest BCUT2D eigenvalue weighted by atomic mass is 16.5. The van der Waals surface area contributed by atoms with Crippen LogP contribution in [-0.2, 0) is 47.7 Å². The Hall–Kier alpha value is -3.86. The van der Waals surface area contributed by atoms with Gasteiger partial charge in [0, 0.05) is 240 Å². The average molecular weight is 1790 g/mol. The van der Waals surface area contributed by atoms with Gasteiger partial charge in [0.1, 0.15) is 0 Å². The van der Waals surface area contributed by atoms with E-state index in [2.05, 4.69) is 143 Å². The van der Waals surface area contributed by atoms with Crippen LogP contribution in [0.3, 0.4) is 0 Å². The summed E-state index contributed by atoms with van der Waals surface area (Å²) in [5.74, 6) is 3.55. The van der Waals surface area contributed by atoms with Crippen LogP contribution < -0.4 is 0 Å². The van der Waals surface area contributed by atoms with Crippen molar-refractivity contribution in [2.45, 2.75) is 204 Å². The van der Waals surface area contributed by atoms with Gasteiger partial charge < -0.3 is 97.3 Å². The molecule has 9 saturated heterocycles. The normalized spacial score (nSPS) is 19.6. The van der Waals surface area contributed by atoms with Crippen LogP contribution in [0.2, 0.25) is 0 Å². The summed E-state index contributed by atoms with van der Waals surface area (Å²) in [6.45, 7) is 68.3. The second kappa shape index (κ2) is 75.5. The molecule has 0 aromatic rings. The number of piperazine rings is 1. The molecule has 0 aromatic heterocycles. The molecular weight excluding hydrogens is 1590 g/mol. The predicted octanol–water partition coefficient (Wildman–Crippen LogP) is 7.98. The molecule has 0 radical (unpaired) electrons. The Bertz CT molecular complexity index is 2630. The van der Waals surface area contributed by atoms with E-state index in [0.717, 1.165) is 201 Å². The van der Waals surface area contributed by atoms with Crippen molar-refractivity contribution >= 4 is 35.4 Å². The van der Waals surface area contributed by atoms with E-state index in [4.69, 9.17) is 18.9 Å². The zero-order valence-electron chi connectivity index (χ0n) is 86.3. The molecule has 29 nitrogen and oxygen atoms in total. The summed E-state index contributed by atoms with van der Waals surface area (Å²) in [4.78, 5) is 110. The third-order valence-corrected chi connectivity index (χ3v) is 27.2. The highest BCUT2D eigenvalue weighted by Crippen LogP contribution is 2.23. The summed E-state index contributed by atoms with van der Waals surface area (Å²) in [7, 11) is 25.9. The maximum atomic E-state index is 11.8. The van der Waals surface area contributed by atoms with E-state index in [0.29, 0.717) is 31.2 Å². The highest BCUT2D eigenvalue weighted by molar-refractivity contribution is 5.79. The third-order valence-electron chi connectivity index (χ3n) is 27.2. The van der Waals surface area contributed by atoms with Gasteiger partial charge >= 0.3 is 0 Å². The lowest BCUT2D eigenvalue weighted by atomic mass is 9.93. The lowest BCUT2D eigenvalue weighted by Crippen LogP contribution is -2.50. The number of likely N-dealkylation sites (tertiary alicyclic amines) is 7. The fraction of sp³-hybridized carbons (Fsp3) is 0.938. The van der Waals surface area contributed by atoms with Crippen molar-refractivity contribution in [3.63, 3.8) is 0 Å². The van der Waals surface area contributed by atoms with Gasteiger partial charge in [0.25, 0.3) is 0 Å². The van der Waals surface area contributed by atoms with Crippen molar-refractivity contribution in [2.24, 2.45) is 17.8 Å². The first kappa shape index (κ1) is 120. The van der Waals surface area contributed by atoms with Crippen LogP contribution in [-0.4, -0.2) is 521 Å². The Morgan fingerprint density at radius 3 is 1.08 bits per heavy atom. The Kier molecular flexibility index (Phi) is 72.0. The van der Waals surface area contributed by atoms with Crippen molar-refractivity contribution < 1.29 is 47.7 Å². The van der Waals surface area contributed by atoms with Crippen molar-refractivity contribution in [3.05, 3.63) is 0 Å². The summed E-state index contributed by atoms with van der Waals surface area (Å²) in [5, 5.41) is 0. The Balaban J connectivity index is 0.000000710. The van der Waals surface area contributed by atoms with Crippen molar-refractivity contribution in [1.29, 1.82) is 0 Å². The minimum atomic E-state index is 0.126. The topological polar surface area (TPSA) is 201 Å². The van der Waals surface area contributed by atoms with Gasteiger partial charge in [0.05, 0.1) is 38.5 Å². The number of piperidine rings is 7. The number of hydrogen-bond acceptors (Lipinski definition) is 23. The number of methoxy groups -OCH3 is 3. The molecule has 1 atom stereocenters. The second-order valence-corrected chi connectivity index (χ2v) is 37.3. The molecule has 126 heavy (non-hydrogen) atoms. The van der Waals surface area contributed by atoms with E-state index in [-0.39, 0.29) is 35.4 Å². The number of likely N-dealkylation sites (N-methyl/N-ethyl adjacent to an activating group) is 8. The summed E-state index contributed by atoms with van der Waals surface area (Å²) in [6, 6.07) is 0. The van der Waals surface area contributed by atoms with Crippen LogP contribution in [0.4, 0.5) is 0 Å². The van der Waals surface area contributed by atoms with Gasteiger partial charge in [-0.1, -0.05) is 54.9 Å². The molecule has 0 N–H and O–H groups in total. The lowest BCUT2D eigenvalue weighted by Gasteiger charge is -2.34. The molecule has 6 amide bonds. The average Bonchev–Trinajstić information content (AvgIpc) is 0.896. The molecule has 744 valence electrons. The van der Waals surface area contributed by atoms with Gasteiger partial charge in [-0.15, -0.1) is 0 Å². The molecule has 0 aromatic carbocycles. The second-order valence-electron chi connectivity index (χ2n) is 37.3. The third kappa shape index (κ3) is 60.3. The van der Waals surface area contributed by atoms with E-state index in [1.165, 1.54) is 201 Å². The number of ether oxygens (including phenoxy) is 4. The summed E-state index contributed by atoms with van der Waals surface area (Å²) in [6.07, 6.45) is 23.1. The van der Waals surface area contributed by atoms with Crippen molar-refractivity contribution in [2.75, 3.05) is 380 Å². The molecule has 29 heteroatoms. The van der Waals surface area contributed by atoms with Crippen molar-refractivity contribution in [3.8, 4) is 0 Å². The molecule has 1 unspecified atom stereocenters. The molecule has 9 rings (SSSR count). The van der Waals surface area contributed by atoms with Gasteiger partial charge in [0.2, 0.25) is 35.4 Å². The zero-order chi connectivity index (χ0) is 94.0. The number of morpholine rings is 1. The predicted molar refractivity (Wildman–Crippen MR) is 524 cm³/mol. The van der Waals surface area contributed by atoms with Gasteiger partial charge in [-0.05, 0) is 268 Å². The fourth-order valence-corrected chi connectivity index (χ4v) is 16.2. The quantitative estimate of drug-likeness (QED) is 0.0584. The SMILES string of the molecule is CC(=O)N(C)CCC1CCN(C(C)=O)CC1.CC(=O)N(C)CCN1CCCCC1.CCN(C)CC(=O)N1CCN(CC)CC1.CCN(C)CCC1CCN(C(C)=O)CC1.CCN(C)CCN1CCC(COC)CC1.CCN(C)CCN1CCC(OC)CC1.CCN(C)CCN1CCCC(OC)C1.CCN(C)CCN1CCOCC1.CN(C)CC(=O)N1CCCCC1. The number of rotatable bonds is 36. The molecule has 9 aliphatic heterocycles. The fourth-order valence-electron chi connectivity index (χ4n) is 16.2. The van der Waals surface area contributed by atoms with Crippen LogP contribution in [0.15, 0.2) is 0 Å². The number of hydrogen-bond donors (Lipinski definition) is 0. The van der Waals surface area contributed by atoms with E-state index < -0.39 is 0 Å². The Labute approximate surface area is 774 Å². The van der Waals surface area contributed by atoms with Gasteiger partial charge in [0.15, 0.2) is 0 Å².